The Bertz CT molecular complexity index is 678. The van der Waals surface area contributed by atoms with Gasteiger partial charge < -0.3 is 5.11 Å². The van der Waals surface area contributed by atoms with Crippen molar-refractivity contribution >= 4 is 16.9 Å². The summed E-state index contributed by atoms with van der Waals surface area (Å²) in [4.78, 5) is 14.5. The molecule has 100 valence electrons. The minimum Gasteiger partial charge on any atom is -0.477 e. The first-order valence-electron chi connectivity index (χ1n) is 5.42. The summed E-state index contributed by atoms with van der Waals surface area (Å²) in [5.74, 6) is -1.35. The number of carboxylic acids is 1. The van der Waals surface area contributed by atoms with Crippen LogP contribution < -0.4 is 0 Å². The zero-order chi connectivity index (χ0) is 14.4. The van der Waals surface area contributed by atoms with Crippen LogP contribution in [0.3, 0.4) is 0 Å². The molecule has 0 fully saturated rings. The van der Waals surface area contributed by atoms with Crippen molar-refractivity contribution < 1.29 is 23.1 Å². The van der Waals surface area contributed by atoms with E-state index in [1.54, 1.807) is 19.9 Å². The molecule has 0 atom stereocenters. The summed E-state index contributed by atoms with van der Waals surface area (Å²) in [7, 11) is 0. The number of carboxylic acid groups (broad SMARTS) is 1. The van der Waals surface area contributed by atoms with Gasteiger partial charge in [0.2, 0.25) is 0 Å². The molecule has 1 aromatic heterocycles. The molecule has 2 aromatic rings. The van der Waals surface area contributed by atoms with E-state index in [1.807, 2.05) is 0 Å². The SMILES string of the molecule is Cc1cc(C(F)(F)F)c2nc(C(=O)O)cc(C)c2c1. The maximum Gasteiger partial charge on any atom is 0.418 e. The Labute approximate surface area is 106 Å². The summed E-state index contributed by atoms with van der Waals surface area (Å²) >= 11 is 0. The molecule has 2 rings (SSSR count). The van der Waals surface area contributed by atoms with Gasteiger partial charge in [0, 0.05) is 5.39 Å². The Balaban J connectivity index is 2.92. The molecule has 0 bridgehead atoms. The molecule has 0 amide bonds. The van der Waals surface area contributed by atoms with Gasteiger partial charge in [-0.2, -0.15) is 13.2 Å². The number of fused-ring (bicyclic) bond motifs is 1. The van der Waals surface area contributed by atoms with E-state index in [-0.39, 0.29) is 11.2 Å². The van der Waals surface area contributed by atoms with Crippen molar-refractivity contribution in [2.45, 2.75) is 20.0 Å². The van der Waals surface area contributed by atoms with Gasteiger partial charge in [-0.05, 0) is 43.2 Å². The smallest absolute Gasteiger partial charge is 0.418 e. The first kappa shape index (κ1) is 13.3. The Hall–Kier alpha value is -2.11. The van der Waals surface area contributed by atoms with Crippen molar-refractivity contribution in [1.29, 1.82) is 0 Å². The molecule has 0 aliphatic rings. The van der Waals surface area contributed by atoms with Crippen LogP contribution in [0.25, 0.3) is 10.9 Å². The molecule has 1 N–H and O–H groups in total. The number of benzene rings is 1. The number of nitrogens with zero attached hydrogens (tertiary/aromatic N) is 1. The third-order valence-corrected chi connectivity index (χ3v) is 2.79. The van der Waals surface area contributed by atoms with Gasteiger partial charge in [0.1, 0.15) is 5.69 Å². The number of hydrogen-bond acceptors (Lipinski definition) is 2. The van der Waals surface area contributed by atoms with Crippen LogP contribution in [0.1, 0.15) is 27.2 Å². The molecule has 0 saturated carbocycles. The zero-order valence-electron chi connectivity index (χ0n) is 10.2. The number of aromatic nitrogens is 1. The Morgan fingerprint density at radius 2 is 1.84 bits per heavy atom. The van der Waals surface area contributed by atoms with E-state index in [4.69, 9.17) is 5.11 Å². The maximum absolute atomic E-state index is 13.0. The average molecular weight is 269 g/mol. The molecule has 1 heterocycles. The van der Waals surface area contributed by atoms with Crippen molar-refractivity contribution in [3.63, 3.8) is 0 Å². The van der Waals surface area contributed by atoms with Gasteiger partial charge in [0.15, 0.2) is 0 Å². The van der Waals surface area contributed by atoms with Gasteiger partial charge in [-0.25, -0.2) is 9.78 Å². The lowest BCUT2D eigenvalue weighted by Gasteiger charge is -2.13. The average Bonchev–Trinajstić information content (AvgIpc) is 2.27. The fourth-order valence-corrected chi connectivity index (χ4v) is 1.96. The van der Waals surface area contributed by atoms with E-state index in [9.17, 15) is 18.0 Å². The van der Waals surface area contributed by atoms with E-state index >= 15 is 0 Å². The number of alkyl halides is 3. The predicted molar refractivity (Wildman–Crippen MR) is 63.2 cm³/mol. The molecular formula is C13H10F3NO2. The fraction of sp³-hybridized carbons (Fsp3) is 0.231. The number of aryl methyl sites for hydroxylation is 2. The summed E-state index contributed by atoms with van der Waals surface area (Å²) in [6.45, 7) is 3.12. The van der Waals surface area contributed by atoms with Crippen LogP contribution >= 0.6 is 0 Å². The van der Waals surface area contributed by atoms with Gasteiger partial charge >= 0.3 is 12.1 Å². The second-order valence-corrected chi connectivity index (χ2v) is 4.34. The molecular weight excluding hydrogens is 259 g/mol. The van der Waals surface area contributed by atoms with E-state index in [2.05, 4.69) is 4.98 Å². The number of rotatable bonds is 1. The molecule has 0 saturated heterocycles. The standard InChI is InChI=1S/C13H10F3NO2/c1-6-3-8-7(2)5-10(12(18)19)17-11(8)9(4-6)13(14,15)16/h3-5H,1-2H3,(H,18,19). The number of aromatic carboxylic acids is 1. The second-order valence-electron chi connectivity index (χ2n) is 4.34. The topological polar surface area (TPSA) is 50.2 Å². The Morgan fingerprint density at radius 3 is 2.37 bits per heavy atom. The van der Waals surface area contributed by atoms with E-state index in [0.717, 1.165) is 6.07 Å². The van der Waals surface area contributed by atoms with Gasteiger partial charge in [-0.1, -0.05) is 0 Å². The maximum atomic E-state index is 13.0. The number of halogens is 3. The van der Waals surface area contributed by atoms with Crippen LogP contribution in [0.5, 0.6) is 0 Å². The summed E-state index contributed by atoms with van der Waals surface area (Å²) in [6.07, 6.45) is -4.57. The first-order valence-corrected chi connectivity index (χ1v) is 5.42. The molecule has 0 aliphatic heterocycles. The monoisotopic (exact) mass is 269 g/mol. The Morgan fingerprint density at radius 1 is 1.21 bits per heavy atom. The van der Waals surface area contributed by atoms with Crippen LogP contribution in [-0.4, -0.2) is 16.1 Å². The summed E-state index contributed by atoms with van der Waals surface area (Å²) in [5.41, 5.74) is -0.715. The highest BCUT2D eigenvalue weighted by Crippen LogP contribution is 2.35. The minimum absolute atomic E-state index is 0.317. The molecule has 0 unspecified atom stereocenters. The number of carbonyl (C=O) groups is 1. The lowest BCUT2D eigenvalue weighted by molar-refractivity contribution is -0.136. The lowest BCUT2D eigenvalue weighted by Crippen LogP contribution is -2.10. The van der Waals surface area contributed by atoms with Gasteiger partial charge in [0.25, 0.3) is 0 Å². The number of pyridine rings is 1. The quantitative estimate of drug-likeness (QED) is 0.861. The van der Waals surface area contributed by atoms with E-state index in [0.29, 0.717) is 16.5 Å². The van der Waals surface area contributed by atoms with Gasteiger partial charge in [-0.3, -0.25) is 0 Å². The third-order valence-electron chi connectivity index (χ3n) is 2.79. The largest absolute Gasteiger partial charge is 0.477 e. The van der Waals surface area contributed by atoms with Crippen molar-refractivity contribution in [3.05, 3.63) is 40.6 Å². The molecule has 1 aromatic carbocycles. The second kappa shape index (κ2) is 4.22. The molecule has 0 radical (unpaired) electrons. The van der Waals surface area contributed by atoms with Crippen LogP contribution in [0.2, 0.25) is 0 Å². The minimum atomic E-state index is -4.57. The molecule has 0 aliphatic carbocycles. The van der Waals surface area contributed by atoms with E-state index in [1.165, 1.54) is 6.07 Å². The lowest BCUT2D eigenvalue weighted by atomic mass is 10.0. The normalized spacial score (nSPS) is 11.8. The predicted octanol–water partition coefficient (Wildman–Crippen LogP) is 3.57. The third kappa shape index (κ3) is 2.38. The Kier molecular flexibility index (Phi) is 2.96. The van der Waals surface area contributed by atoms with Crippen LogP contribution in [0.15, 0.2) is 18.2 Å². The molecule has 19 heavy (non-hydrogen) atoms. The van der Waals surface area contributed by atoms with Gasteiger partial charge in [0.05, 0.1) is 11.1 Å². The summed E-state index contributed by atoms with van der Waals surface area (Å²) < 4.78 is 38.9. The highest BCUT2D eigenvalue weighted by atomic mass is 19.4. The van der Waals surface area contributed by atoms with Crippen LogP contribution in [0, 0.1) is 13.8 Å². The highest BCUT2D eigenvalue weighted by Gasteiger charge is 2.34. The molecule has 3 nitrogen and oxygen atoms in total. The van der Waals surface area contributed by atoms with Crippen molar-refractivity contribution in [2.75, 3.05) is 0 Å². The van der Waals surface area contributed by atoms with E-state index < -0.39 is 17.7 Å². The molecule has 6 heteroatoms. The highest BCUT2D eigenvalue weighted by molar-refractivity contribution is 5.93. The van der Waals surface area contributed by atoms with Crippen molar-refractivity contribution in [1.82, 2.24) is 4.98 Å². The van der Waals surface area contributed by atoms with Crippen LogP contribution in [-0.2, 0) is 6.18 Å². The summed E-state index contributed by atoms with van der Waals surface area (Å²) in [6, 6.07) is 3.81. The van der Waals surface area contributed by atoms with Gasteiger partial charge in [-0.15, -0.1) is 0 Å². The summed E-state index contributed by atoms with van der Waals surface area (Å²) in [5, 5.41) is 9.19. The van der Waals surface area contributed by atoms with Crippen molar-refractivity contribution in [3.8, 4) is 0 Å². The first-order chi connectivity index (χ1) is 8.70. The van der Waals surface area contributed by atoms with Crippen LogP contribution in [0.4, 0.5) is 13.2 Å². The molecule has 0 spiro atoms. The zero-order valence-corrected chi connectivity index (χ0v) is 10.2. The van der Waals surface area contributed by atoms with Crippen molar-refractivity contribution in [2.24, 2.45) is 0 Å². The fourth-order valence-electron chi connectivity index (χ4n) is 1.96. The number of hydrogen-bond donors (Lipinski definition) is 1.